The van der Waals surface area contributed by atoms with Crippen molar-refractivity contribution in [2.45, 2.75) is 19.9 Å². The number of rotatable bonds is 4. The Bertz CT molecular complexity index is 627. The third-order valence-electron chi connectivity index (χ3n) is 2.67. The second-order valence-corrected chi connectivity index (χ2v) is 4.06. The number of carbonyl (C=O) groups excluding carboxylic acids is 1. The smallest absolute Gasteiger partial charge is 0.368 e. The fraction of sp³-hybridized carbons (Fsp3) is 0.333. The van der Waals surface area contributed by atoms with E-state index in [1.807, 2.05) is 19.1 Å². The third-order valence-corrected chi connectivity index (χ3v) is 2.67. The van der Waals surface area contributed by atoms with E-state index in [9.17, 15) is 9.59 Å². The number of methoxy groups -OCH3 is 1. The molecule has 7 nitrogen and oxygen atoms in total. The summed E-state index contributed by atoms with van der Waals surface area (Å²) in [5.74, 6) is -0.392. The van der Waals surface area contributed by atoms with Crippen molar-refractivity contribution in [1.82, 2.24) is 19.8 Å². The van der Waals surface area contributed by atoms with Crippen molar-refractivity contribution >= 4 is 5.97 Å². The number of hydrogen-bond acceptors (Lipinski definition) is 5. The molecule has 2 aromatic rings. The third kappa shape index (κ3) is 2.87. The van der Waals surface area contributed by atoms with Gasteiger partial charge >= 0.3 is 11.7 Å². The number of nitrogens with zero attached hydrogens (tertiary/aromatic N) is 4. The average Bonchev–Trinajstić information content (AvgIpc) is 2.78. The monoisotopic (exact) mass is 262 g/mol. The lowest BCUT2D eigenvalue weighted by Gasteiger charge is -1.99. The molecule has 19 heavy (non-hydrogen) atoms. The van der Waals surface area contributed by atoms with E-state index in [-0.39, 0.29) is 18.7 Å². The maximum absolute atomic E-state index is 12.0. The highest BCUT2D eigenvalue weighted by Crippen LogP contribution is 2.05. The van der Waals surface area contributed by atoms with Crippen LogP contribution in [0.25, 0.3) is 5.69 Å². The predicted molar refractivity (Wildman–Crippen MR) is 67.0 cm³/mol. The average molecular weight is 262 g/mol. The molecule has 0 aliphatic rings. The van der Waals surface area contributed by atoms with Gasteiger partial charge in [-0.25, -0.2) is 4.79 Å². The minimum absolute atomic E-state index is 0.0863. The number of aromatic nitrogens is 4. The fourth-order valence-electron chi connectivity index (χ4n) is 1.56. The number of hydrogen-bond donors (Lipinski definition) is 0. The summed E-state index contributed by atoms with van der Waals surface area (Å²) in [6.07, 6.45) is 0.0863. The molecule has 0 atom stereocenters. The number of tetrazole rings is 1. The van der Waals surface area contributed by atoms with E-state index >= 15 is 0 Å². The number of carbonyl (C=O) groups is 1. The van der Waals surface area contributed by atoms with Crippen LogP contribution in [0.4, 0.5) is 0 Å². The molecule has 7 heteroatoms. The Morgan fingerprint density at radius 2 is 1.95 bits per heavy atom. The minimum Gasteiger partial charge on any atom is -0.469 e. The summed E-state index contributed by atoms with van der Waals surface area (Å²) < 4.78 is 6.83. The van der Waals surface area contributed by atoms with Crippen LogP contribution < -0.4 is 5.69 Å². The normalized spacial score (nSPS) is 10.4. The van der Waals surface area contributed by atoms with Crippen molar-refractivity contribution in [3.05, 3.63) is 40.3 Å². The van der Waals surface area contributed by atoms with Gasteiger partial charge in [0.15, 0.2) is 0 Å². The first-order valence-corrected chi connectivity index (χ1v) is 5.78. The summed E-state index contributed by atoms with van der Waals surface area (Å²) in [5.41, 5.74) is 1.35. The van der Waals surface area contributed by atoms with E-state index in [1.54, 1.807) is 12.1 Å². The largest absolute Gasteiger partial charge is 0.469 e. The van der Waals surface area contributed by atoms with E-state index in [4.69, 9.17) is 0 Å². The second-order valence-electron chi connectivity index (χ2n) is 4.06. The van der Waals surface area contributed by atoms with Gasteiger partial charge in [-0.3, -0.25) is 4.79 Å². The van der Waals surface area contributed by atoms with Crippen LogP contribution in [-0.2, 0) is 16.1 Å². The maximum atomic E-state index is 12.0. The highest BCUT2D eigenvalue weighted by atomic mass is 16.5. The van der Waals surface area contributed by atoms with E-state index in [0.29, 0.717) is 5.69 Å². The molecule has 0 amide bonds. The summed E-state index contributed by atoms with van der Waals surface area (Å²) in [5, 5.41) is 7.51. The van der Waals surface area contributed by atoms with Crippen LogP contribution in [0.3, 0.4) is 0 Å². The molecule has 1 aromatic carbocycles. The van der Waals surface area contributed by atoms with Crippen LogP contribution in [-0.4, -0.2) is 32.9 Å². The Hall–Kier alpha value is -2.44. The van der Waals surface area contributed by atoms with Crippen LogP contribution in [0, 0.1) is 6.92 Å². The van der Waals surface area contributed by atoms with Crippen molar-refractivity contribution in [3.63, 3.8) is 0 Å². The SMILES string of the molecule is COC(=O)CCn1nnn(-c2ccc(C)cc2)c1=O. The topological polar surface area (TPSA) is 79.0 Å². The second kappa shape index (κ2) is 5.47. The molecule has 1 aromatic heterocycles. The van der Waals surface area contributed by atoms with Crippen LogP contribution in [0.15, 0.2) is 29.1 Å². The van der Waals surface area contributed by atoms with Gasteiger partial charge in [-0.15, -0.1) is 0 Å². The zero-order chi connectivity index (χ0) is 13.8. The minimum atomic E-state index is -0.392. The molecule has 0 aliphatic carbocycles. The van der Waals surface area contributed by atoms with E-state index in [0.717, 1.165) is 10.2 Å². The lowest BCUT2D eigenvalue weighted by atomic mass is 10.2. The lowest BCUT2D eigenvalue weighted by Crippen LogP contribution is -2.25. The summed E-state index contributed by atoms with van der Waals surface area (Å²) >= 11 is 0. The van der Waals surface area contributed by atoms with Gasteiger partial charge in [0.05, 0.1) is 25.8 Å². The lowest BCUT2D eigenvalue weighted by molar-refractivity contribution is -0.140. The van der Waals surface area contributed by atoms with Crippen molar-refractivity contribution in [2.75, 3.05) is 7.11 Å². The molecule has 0 radical (unpaired) electrons. The number of aryl methyl sites for hydroxylation is 2. The molecule has 0 saturated heterocycles. The molecule has 0 aliphatic heterocycles. The van der Waals surface area contributed by atoms with Crippen LogP contribution in [0.1, 0.15) is 12.0 Å². The first-order chi connectivity index (χ1) is 9.11. The first-order valence-electron chi connectivity index (χ1n) is 5.78. The van der Waals surface area contributed by atoms with Crippen LogP contribution >= 0.6 is 0 Å². The van der Waals surface area contributed by atoms with Gasteiger partial charge < -0.3 is 4.74 Å². The fourth-order valence-corrected chi connectivity index (χ4v) is 1.56. The molecule has 100 valence electrons. The summed E-state index contributed by atoms with van der Waals surface area (Å²) in [6, 6.07) is 7.34. The molecule has 0 spiro atoms. The number of esters is 1. The summed E-state index contributed by atoms with van der Waals surface area (Å²) in [7, 11) is 1.30. The Morgan fingerprint density at radius 1 is 1.26 bits per heavy atom. The van der Waals surface area contributed by atoms with Crippen molar-refractivity contribution in [3.8, 4) is 5.69 Å². The molecule has 0 N–H and O–H groups in total. The van der Waals surface area contributed by atoms with Crippen molar-refractivity contribution in [2.24, 2.45) is 0 Å². The molecule has 1 heterocycles. The Labute approximate surface area is 109 Å². The molecule has 0 bridgehead atoms. The van der Waals surface area contributed by atoms with Crippen LogP contribution in [0.2, 0.25) is 0 Å². The van der Waals surface area contributed by atoms with Gasteiger partial charge in [-0.05, 0) is 29.5 Å². The van der Waals surface area contributed by atoms with Gasteiger partial charge in [0.1, 0.15) is 0 Å². The van der Waals surface area contributed by atoms with Gasteiger partial charge in [-0.1, -0.05) is 17.7 Å². The summed E-state index contributed by atoms with van der Waals surface area (Å²) in [6.45, 7) is 2.11. The first kappa shape index (κ1) is 13.0. The Morgan fingerprint density at radius 3 is 2.58 bits per heavy atom. The van der Waals surface area contributed by atoms with Crippen molar-refractivity contribution < 1.29 is 9.53 Å². The Balaban J connectivity index is 2.21. The Kier molecular flexibility index (Phi) is 3.74. The highest BCUT2D eigenvalue weighted by molar-refractivity contribution is 5.68. The van der Waals surface area contributed by atoms with E-state index in [2.05, 4.69) is 15.2 Å². The quantitative estimate of drug-likeness (QED) is 0.740. The van der Waals surface area contributed by atoms with Gasteiger partial charge in [0.2, 0.25) is 0 Å². The van der Waals surface area contributed by atoms with E-state index in [1.165, 1.54) is 11.8 Å². The molecule has 0 saturated carbocycles. The predicted octanol–water partition coefficient (Wildman–Crippen LogP) is 0.301. The summed E-state index contributed by atoms with van der Waals surface area (Å²) in [4.78, 5) is 23.0. The molecular weight excluding hydrogens is 248 g/mol. The van der Waals surface area contributed by atoms with Crippen LogP contribution in [0.5, 0.6) is 0 Å². The number of ether oxygens (including phenoxy) is 1. The molecule has 2 rings (SSSR count). The van der Waals surface area contributed by atoms with Crippen molar-refractivity contribution in [1.29, 1.82) is 0 Å². The molecule has 0 fully saturated rings. The zero-order valence-electron chi connectivity index (χ0n) is 10.7. The van der Waals surface area contributed by atoms with E-state index < -0.39 is 5.97 Å². The van der Waals surface area contributed by atoms with Gasteiger partial charge in [0, 0.05) is 0 Å². The number of benzene rings is 1. The zero-order valence-corrected chi connectivity index (χ0v) is 10.7. The standard InChI is InChI=1S/C12H14N4O3/c1-9-3-5-10(6-4-9)16-12(18)15(13-14-16)8-7-11(17)19-2/h3-6H,7-8H2,1-2H3. The van der Waals surface area contributed by atoms with Gasteiger partial charge in [-0.2, -0.15) is 9.36 Å². The maximum Gasteiger partial charge on any atom is 0.368 e. The molecular formula is C12H14N4O3. The highest BCUT2D eigenvalue weighted by Gasteiger charge is 2.10. The van der Waals surface area contributed by atoms with Gasteiger partial charge in [0.25, 0.3) is 0 Å². The molecule has 0 unspecified atom stereocenters.